The van der Waals surface area contributed by atoms with Gasteiger partial charge < -0.3 is 9.53 Å². The summed E-state index contributed by atoms with van der Waals surface area (Å²) in [4.78, 5) is 14.0. The molecular formula is C16H31NO2. The lowest BCUT2D eigenvalue weighted by Gasteiger charge is -2.39. The lowest BCUT2D eigenvalue weighted by molar-refractivity contribution is -0.119. The number of ether oxygens (including phenoxy) is 1. The average Bonchev–Trinajstić information content (AvgIpc) is 2.38. The van der Waals surface area contributed by atoms with Crippen molar-refractivity contribution in [1.29, 1.82) is 0 Å². The fourth-order valence-electron chi connectivity index (χ4n) is 3.07. The first-order chi connectivity index (χ1) is 9.01. The first kappa shape index (κ1) is 16.6. The molecule has 0 heterocycles. The van der Waals surface area contributed by atoms with Crippen LogP contribution in [0.1, 0.15) is 46.5 Å². The normalized spacial score (nSPS) is 28.0. The fraction of sp³-hybridized carbons (Fsp3) is 0.938. The van der Waals surface area contributed by atoms with Crippen molar-refractivity contribution in [2.75, 3.05) is 33.4 Å². The van der Waals surface area contributed by atoms with Crippen LogP contribution >= 0.6 is 0 Å². The van der Waals surface area contributed by atoms with Gasteiger partial charge in [-0.1, -0.05) is 20.8 Å². The van der Waals surface area contributed by atoms with E-state index in [-0.39, 0.29) is 5.41 Å². The van der Waals surface area contributed by atoms with E-state index >= 15 is 0 Å². The number of rotatable bonds is 8. The van der Waals surface area contributed by atoms with E-state index in [0.717, 1.165) is 45.0 Å². The maximum absolute atomic E-state index is 11.6. The Morgan fingerprint density at radius 2 is 2.00 bits per heavy atom. The summed E-state index contributed by atoms with van der Waals surface area (Å²) in [5.74, 6) is 1.41. The molecule has 3 heteroatoms. The number of nitrogens with zero attached hydrogens (tertiary/aromatic N) is 1. The van der Waals surface area contributed by atoms with Crippen molar-refractivity contribution in [2.45, 2.75) is 46.5 Å². The molecule has 0 atom stereocenters. The Morgan fingerprint density at radius 3 is 2.47 bits per heavy atom. The van der Waals surface area contributed by atoms with Gasteiger partial charge in [0.05, 0.1) is 6.61 Å². The van der Waals surface area contributed by atoms with E-state index < -0.39 is 0 Å². The third kappa shape index (κ3) is 5.62. The SMILES string of the molecule is COCCN(CC(C)C)CC1(C=O)CCC(C)CC1. The van der Waals surface area contributed by atoms with Gasteiger partial charge >= 0.3 is 0 Å². The van der Waals surface area contributed by atoms with Gasteiger partial charge in [-0.3, -0.25) is 4.90 Å². The summed E-state index contributed by atoms with van der Waals surface area (Å²) in [5.41, 5.74) is -0.102. The van der Waals surface area contributed by atoms with Crippen molar-refractivity contribution in [3.8, 4) is 0 Å². The molecule has 0 aliphatic heterocycles. The number of methoxy groups -OCH3 is 1. The molecule has 1 aliphatic carbocycles. The van der Waals surface area contributed by atoms with Gasteiger partial charge in [0, 0.05) is 32.2 Å². The lowest BCUT2D eigenvalue weighted by atomic mass is 9.71. The van der Waals surface area contributed by atoms with Crippen LogP contribution in [0.5, 0.6) is 0 Å². The first-order valence-corrected chi connectivity index (χ1v) is 7.69. The Labute approximate surface area is 118 Å². The molecule has 3 nitrogen and oxygen atoms in total. The molecule has 0 radical (unpaired) electrons. The summed E-state index contributed by atoms with van der Waals surface area (Å²) < 4.78 is 5.20. The van der Waals surface area contributed by atoms with Gasteiger partial charge in [0.2, 0.25) is 0 Å². The van der Waals surface area contributed by atoms with Gasteiger partial charge in [0.1, 0.15) is 6.29 Å². The molecule has 0 aromatic rings. The van der Waals surface area contributed by atoms with Crippen molar-refractivity contribution >= 4 is 6.29 Å². The Balaban J connectivity index is 2.60. The predicted octanol–water partition coefficient (Wildman–Crippen LogP) is 2.99. The molecular weight excluding hydrogens is 238 g/mol. The van der Waals surface area contributed by atoms with Gasteiger partial charge in [-0.05, 0) is 37.5 Å². The maximum atomic E-state index is 11.6. The van der Waals surface area contributed by atoms with Gasteiger partial charge in [-0.2, -0.15) is 0 Å². The first-order valence-electron chi connectivity index (χ1n) is 7.69. The minimum atomic E-state index is -0.102. The van der Waals surface area contributed by atoms with Gasteiger partial charge in [-0.15, -0.1) is 0 Å². The summed E-state index contributed by atoms with van der Waals surface area (Å²) in [6.07, 6.45) is 5.73. The zero-order valence-corrected chi connectivity index (χ0v) is 13.2. The Morgan fingerprint density at radius 1 is 1.37 bits per heavy atom. The molecule has 0 unspecified atom stereocenters. The van der Waals surface area contributed by atoms with Crippen LogP contribution in [0.2, 0.25) is 0 Å². The summed E-state index contributed by atoms with van der Waals surface area (Å²) in [6.45, 7) is 10.4. The molecule has 1 rings (SSSR count). The van der Waals surface area contributed by atoms with Crippen LogP contribution in [0.3, 0.4) is 0 Å². The highest BCUT2D eigenvalue weighted by molar-refractivity contribution is 5.60. The van der Waals surface area contributed by atoms with Crippen LogP contribution in [0, 0.1) is 17.3 Å². The quantitative estimate of drug-likeness (QED) is 0.634. The molecule has 0 N–H and O–H groups in total. The zero-order valence-electron chi connectivity index (χ0n) is 13.2. The molecule has 0 aromatic carbocycles. The molecule has 1 saturated carbocycles. The van der Waals surface area contributed by atoms with Crippen molar-refractivity contribution < 1.29 is 9.53 Å². The Kier molecular flexibility index (Phi) is 7.01. The minimum absolute atomic E-state index is 0.102. The summed E-state index contributed by atoms with van der Waals surface area (Å²) in [7, 11) is 1.74. The van der Waals surface area contributed by atoms with Crippen LogP contribution in [0.4, 0.5) is 0 Å². The number of hydrogen-bond donors (Lipinski definition) is 0. The standard InChI is InChI=1S/C16H31NO2/c1-14(2)11-17(9-10-19-4)12-16(13-18)7-5-15(3)6-8-16/h13-15H,5-12H2,1-4H3. The molecule has 1 fully saturated rings. The molecule has 1 aliphatic rings. The summed E-state index contributed by atoms with van der Waals surface area (Å²) >= 11 is 0. The number of aldehydes is 1. The van der Waals surface area contributed by atoms with Gasteiger partial charge in [0.25, 0.3) is 0 Å². The minimum Gasteiger partial charge on any atom is -0.383 e. The van der Waals surface area contributed by atoms with Crippen molar-refractivity contribution in [2.24, 2.45) is 17.3 Å². The van der Waals surface area contributed by atoms with Crippen LogP contribution in [-0.4, -0.2) is 44.5 Å². The lowest BCUT2D eigenvalue weighted by Crippen LogP contribution is -2.43. The molecule has 0 amide bonds. The van der Waals surface area contributed by atoms with E-state index in [1.807, 2.05) is 0 Å². The third-order valence-corrected chi connectivity index (χ3v) is 4.29. The molecule has 0 aromatic heterocycles. The zero-order chi connectivity index (χ0) is 14.3. The largest absolute Gasteiger partial charge is 0.383 e. The van der Waals surface area contributed by atoms with E-state index in [9.17, 15) is 4.79 Å². The van der Waals surface area contributed by atoms with E-state index in [2.05, 4.69) is 25.7 Å². The second-order valence-corrected chi connectivity index (χ2v) is 6.78. The maximum Gasteiger partial charge on any atom is 0.127 e. The topological polar surface area (TPSA) is 29.5 Å². The molecule has 112 valence electrons. The third-order valence-electron chi connectivity index (χ3n) is 4.29. The smallest absolute Gasteiger partial charge is 0.127 e. The van der Waals surface area contributed by atoms with Crippen molar-refractivity contribution in [3.63, 3.8) is 0 Å². The number of carbonyl (C=O) groups is 1. The number of carbonyl (C=O) groups excluding carboxylic acids is 1. The summed E-state index contributed by atoms with van der Waals surface area (Å²) in [5, 5.41) is 0. The second-order valence-electron chi connectivity index (χ2n) is 6.78. The molecule has 0 saturated heterocycles. The van der Waals surface area contributed by atoms with Crippen molar-refractivity contribution in [1.82, 2.24) is 4.90 Å². The predicted molar refractivity (Wildman–Crippen MR) is 79.3 cm³/mol. The van der Waals surface area contributed by atoms with Crippen LogP contribution in [0.15, 0.2) is 0 Å². The molecule has 0 spiro atoms. The van der Waals surface area contributed by atoms with E-state index in [4.69, 9.17) is 4.74 Å². The van der Waals surface area contributed by atoms with Gasteiger partial charge in [0.15, 0.2) is 0 Å². The van der Waals surface area contributed by atoms with Crippen LogP contribution in [-0.2, 0) is 9.53 Å². The average molecular weight is 269 g/mol. The highest BCUT2D eigenvalue weighted by atomic mass is 16.5. The Hall–Kier alpha value is -0.410. The molecule has 19 heavy (non-hydrogen) atoms. The number of hydrogen-bond acceptors (Lipinski definition) is 3. The highest BCUT2D eigenvalue weighted by Gasteiger charge is 2.35. The highest BCUT2D eigenvalue weighted by Crippen LogP contribution is 2.38. The van der Waals surface area contributed by atoms with Crippen molar-refractivity contribution in [3.05, 3.63) is 0 Å². The van der Waals surface area contributed by atoms with Crippen LogP contribution in [0.25, 0.3) is 0 Å². The van der Waals surface area contributed by atoms with Gasteiger partial charge in [-0.25, -0.2) is 0 Å². The van der Waals surface area contributed by atoms with E-state index in [0.29, 0.717) is 5.92 Å². The molecule has 0 bridgehead atoms. The van der Waals surface area contributed by atoms with E-state index in [1.165, 1.54) is 19.1 Å². The Bertz CT molecular complexity index is 257. The van der Waals surface area contributed by atoms with E-state index in [1.54, 1.807) is 7.11 Å². The second kappa shape index (κ2) is 8.01. The summed E-state index contributed by atoms with van der Waals surface area (Å²) in [6, 6.07) is 0. The fourth-order valence-corrected chi connectivity index (χ4v) is 3.07. The van der Waals surface area contributed by atoms with Crippen LogP contribution < -0.4 is 0 Å². The monoisotopic (exact) mass is 269 g/mol.